The molecule has 1 saturated heterocycles. The van der Waals surface area contributed by atoms with Crippen LogP contribution >= 0.6 is 0 Å². The summed E-state index contributed by atoms with van der Waals surface area (Å²) in [4.78, 5) is 19.1. The SMILES string of the molecule is CN1CCN(C)C(Cc2noc(COCC(=O)O)n2)C1. The summed E-state index contributed by atoms with van der Waals surface area (Å²) in [6.07, 6.45) is 0.712. The first-order valence-corrected chi connectivity index (χ1v) is 6.54. The molecule has 8 nitrogen and oxygen atoms in total. The standard InChI is InChI=1S/C12H20N4O4/c1-15-3-4-16(2)9(6-15)5-10-13-11(20-14-10)7-19-8-12(17)18/h9H,3-8H2,1-2H3,(H,17,18). The maximum atomic E-state index is 10.3. The highest BCUT2D eigenvalue weighted by Crippen LogP contribution is 2.11. The molecule has 1 aliphatic rings. The topological polar surface area (TPSA) is 91.9 Å². The number of hydrogen-bond donors (Lipinski definition) is 1. The van der Waals surface area contributed by atoms with E-state index in [0.29, 0.717) is 24.2 Å². The number of carboxylic acids is 1. The van der Waals surface area contributed by atoms with E-state index in [1.807, 2.05) is 0 Å². The van der Waals surface area contributed by atoms with Crippen LogP contribution in [0.25, 0.3) is 0 Å². The minimum atomic E-state index is -1.02. The van der Waals surface area contributed by atoms with E-state index >= 15 is 0 Å². The molecule has 0 amide bonds. The van der Waals surface area contributed by atoms with Gasteiger partial charge in [-0.15, -0.1) is 0 Å². The van der Waals surface area contributed by atoms with E-state index in [4.69, 9.17) is 14.4 Å². The number of carbonyl (C=O) groups is 1. The van der Waals surface area contributed by atoms with Crippen LogP contribution in [0.2, 0.25) is 0 Å². The van der Waals surface area contributed by atoms with Gasteiger partial charge >= 0.3 is 5.97 Å². The fourth-order valence-corrected chi connectivity index (χ4v) is 2.19. The summed E-state index contributed by atoms with van der Waals surface area (Å²) >= 11 is 0. The number of carboxylic acid groups (broad SMARTS) is 1. The first-order valence-electron chi connectivity index (χ1n) is 6.54. The number of aliphatic carboxylic acids is 1. The molecule has 1 aromatic heterocycles. The van der Waals surface area contributed by atoms with Gasteiger partial charge in [-0.05, 0) is 14.1 Å². The van der Waals surface area contributed by atoms with Gasteiger partial charge in [0, 0.05) is 32.1 Å². The van der Waals surface area contributed by atoms with Gasteiger partial charge in [-0.3, -0.25) is 0 Å². The van der Waals surface area contributed by atoms with Crippen LogP contribution in [-0.2, 0) is 22.6 Å². The molecule has 112 valence electrons. The summed E-state index contributed by atoms with van der Waals surface area (Å²) < 4.78 is 9.95. The van der Waals surface area contributed by atoms with Crippen molar-refractivity contribution in [3.63, 3.8) is 0 Å². The van der Waals surface area contributed by atoms with Gasteiger partial charge in [0.25, 0.3) is 5.89 Å². The van der Waals surface area contributed by atoms with E-state index in [9.17, 15) is 4.79 Å². The van der Waals surface area contributed by atoms with Crippen molar-refractivity contribution in [1.82, 2.24) is 19.9 Å². The van der Waals surface area contributed by atoms with Gasteiger partial charge in [0.2, 0.25) is 0 Å². The molecule has 1 N–H and O–H groups in total. The largest absolute Gasteiger partial charge is 0.480 e. The molecule has 1 atom stereocenters. The van der Waals surface area contributed by atoms with Crippen LogP contribution in [0.4, 0.5) is 0 Å². The molecule has 1 aliphatic heterocycles. The third-order valence-electron chi connectivity index (χ3n) is 3.36. The number of rotatable bonds is 6. The number of aromatic nitrogens is 2. The summed E-state index contributed by atoms with van der Waals surface area (Å²) in [6, 6.07) is 0.360. The Hall–Kier alpha value is -1.51. The number of likely N-dealkylation sites (N-methyl/N-ethyl adjacent to an activating group) is 2. The molecular formula is C12H20N4O4. The first-order chi connectivity index (χ1) is 9.54. The van der Waals surface area contributed by atoms with Crippen molar-refractivity contribution in [3.8, 4) is 0 Å². The molecule has 0 bridgehead atoms. The molecule has 0 spiro atoms. The van der Waals surface area contributed by atoms with Crippen LogP contribution in [0.15, 0.2) is 4.52 Å². The Labute approximate surface area is 117 Å². The maximum absolute atomic E-state index is 10.3. The normalized spacial score (nSPS) is 21.2. The zero-order valence-electron chi connectivity index (χ0n) is 11.8. The van der Waals surface area contributed by atoms with E-state index in [1.54, 1.807) is 0 Å². The predicted molar refractivity (Wildman–Crippen MR) is 69.2 cm³/mol. The minimum absolute atomic E-state index is 0.0275. The van der Waals surface area contributed by atoms with Gasteiger partial charge < -0.3 is 24.2 Å². The third kappa shape index (κ3) is 4.26. The summed E-state index contributed by atoms with van der Waals surface area (Å²) in [6.45, 7) is 2.71. The van der Waals surface area contributed by atoms with Crippen molar-refractivity contribution in [2.24, 2.45) is 0 Å². The lowest BCUT2D eigenvalue weighted by Gasteiger charge is -2.37. The fraction of sp³-hybridized carbons (Fsp3) is 0.750. The summed E-state index contributed by atoms with van der Waals surface area (Å²) in [5.41, 5.74) is 0. The quantitative estimate of drug-likeness (QED) is 0.744. The van der Waals surface area contributed by atoms with Crippen molar-refractivity contribution in [2.45, 2.75) is 19.1 Å². The Balaban J connectivity index is 1.84. The summed E-state index contributed by atoms with van der Waals surface area (Å²) in [7, 11) is 4.19. The lowest BCUT2D eigenvalue weighted by Crippen LogP contribution is -2.50. The molecule has 20 heavy (non-hydrogen) atoms. The molecule has 1 unspecified atom stereocenters. The van der Waals surface area contributed by atoms with Crippen LogP contribution < -0.4 is 0 Å². The number of ether oxygens (including phenoxy) is 1. The first kappa shape index (κ1) is 14.9. The maximum Gasteiger partial charge on any atom is 0.329 e. The lowest BCUT2D eigenvalue weighted by molar-refractivity contribution is -0.142. The van der Waals surface area contributed by atoms with Crippen molar-refractivity contribution < 1.29 is 19.2 Å². The second kappa shape index (κ2) is 6.78. The highest BCUT2D eigenvalue weighted by molar-refractivity contribution is 5.67. The summed E-state index contributed by atoms with van der Waals surface area (Å²) in [5, 5.41) is 12.4. The minimum Gasteiger partial charge on any atom is -0.480 e. The van der Waals surface area contributed by atoms with Gasteiger partial charge in [-0.2, -0.15) is 4.98 Å². The van der Waals surface area contributed by atoms with E-state index in [1.165, 1.54) is 0 Å². The molecule has 2 heterocycles. The lowest BCUT2D eigenvalue weighted by atomic mass is 10.1. The van der Waals surface area contributed by atoms with Gasteiger partial charge in [0.15, 0.2) is 5.82 Å². The smallest absolute Gasteiger partial charge is 0.329 e. The molecule has 1 aromatic rings. The Morgan fingerprint density at radius 1 is 1.50 bits per heavy atom. The molecular weight excluding hydrogens is 264 g/mol. The van der Waals surface area contributed by atoms with Crippen LogP contribution in [0.1, 0.15) is 11.7 Å². The Morgan fingerprint density at radius 3 is 3.05 bits per heavy atom. The second-order valence-electron chi connectivity index (χ2n) is 5.09. The Bertz CT molecular complexity index is 450. The predicted octanol–water partition coefficient (Wildman–Crippen LogP) is -0.541. The molecule has 0 aromatic carbocycles. The molecule has 8 heteroatoms. The Morgan fingerprint density at radius 2 is 2.30 bits per heavy atom. The molecule has 0 radical (unpaired) electrons. The molecule has 2 rings (SSSR count). The van der Waals surface area contributed by atoms with Crippen molar-refractivity contribution in [1.29, 1.82) is 0 Å². The van der Waals surface area contributed by atoms with Gasteiger partial charge in [-0.1, -0.05) is 5.16 Å². The number of hydrogen-bond acceptors (Lipinski definition) is 7. The van der Waals surface area contributed by atoms with E-state index in [0.717, 1.165) is 19.6 Å². The fourth-order valence-electron chi connectivity index (χ4n) is 2.19. The zero-order valence-corrected chi connectivity index (χ0v) is 11.8. The van der Waals surface area contributed by atoms with Crippen molar-refractivity contribution >= 4 is 5.97 Å². The molecule has 0 aliphatic carbocycles. The van der Waals surface area contributed by atoms with E-state index in [-0.39, 0.29) is 13.2 Å². The average Bonchev–Trinajstić information content (AvgIpc) is 2.81. The number of nitrogens with zero attached hydrogens (tertiary/aromatic N) is 4. The Kier molecular flexibility index (Phi) is 5.05. The number of piperazine rings is 1. The highest BCUT2D eigenvalue weighted by atomic mass is 16.5. The average molecular weight is 284 g/mol. The molecule has 1 fully saturated rings. The summed E-state index contributed by atoms with van der Waals surface area (Å²) in [5.74, 6) is -0.0734. The molecule has 0 saturated carbocycles. The second-order valence-corrected chi connectivity index (χ2v) is 5.09. The zero-order chi connectivity index (χ0) is 14.5. The van der Waals surface area contributed by atoms with Gasteiger partial charge in [-0.25, -0.2) is 4.79 Å². The van der Waals surface area contributed by atoms with E-state index < -0.39 is 5.97 Å². The van der Waals surface area contributed by atoms with Gasteiger partial charge in [0.1, 0.15) is 13.2 Å². The van der Waals surface area contributed by atoms with Crippen LogP contribution in [-0.4, -0.2) is 77.4 Å². The van der Waals surface area contributed by atoms with Gasteiger partial charge in [0.05, 0.1) is 0 Å². The third-order valence-corrected chi connectivity index (χ3v) is 3.36. The van der Waals surface area contributed by atoms with Crippen molar-refractivity contribution in [3.05, 3.63) is 11.7 Å². The van der Waals surface area contributed by atoms with Crippen LogP contribution in [0.3, 0.4) is 0 Å². The monoisotopic (exact) mass is 284 g/mol. The van der Waals surface area contributed by atoms with Crippen molar-refractivity contribution in [2.75, 3.05) is 40.3 Å². The van der Waals surface area contributed by atoms with Crippen LogP contribution in [0.5, 0.6) is 0 Å². The highest BCUT2D eigenvalue weighted by Gasteiger charge is 2.24. The van der Waals surface area contributed by atoms with E-state index in [2.05, 4.69) is 34.0 Å². The van der Waals surface area contributed by atoms with Crippen LogP contribution in [0, 0.1) is 0 Å².